The van der Waals surface area contributed by atoms with E-state index in [0.717, 1.165) is 24.2 Å². The number of rotatable bonds is 12. The van der Waals surface area contributed by atoms with Gasteiger partial charge in [-0.3, -0.25) is 19.3 Å². The van der Waals surface area contributed by atoms with E-state index >= 15 is 0 Å². The Balaban J connectivity index is 1.83. The summed E-state index contributed by atoms with van der Waals surface area (Å²) in [6.45, 7) is 3.30. The molecule has 0 bridgehead atoms. The number of nitrogens with zero attached hydrogens (tertiary/aromatic N) is 3. The first-order valence-electron chi connectivity index (χ1n) is 10.8. The van der Waals surface area contributed by atoms with E-state index in [2.05, 4.69) is 15.5 Å². The van der Waals surface area contributed by atoms with Crippen LogP contribution in [0.4, 0.5) is 0 Å². The third kappa shape index (κ3) is 5.49. The summed E-state index contributed by atoms with van der Waals surface area (Å²) < 4.78 is 10.4. The largest absolute Gasteiger partial charge is 0.477 e. The molecule has 14 heteroatoms. The van der Waals surface area contributed by atoms with Crippen LogP contribution in [0.5, 0.6) is 0 Å². The molecule has 35 heavy (non-hydrogen) atoms. The van der Waals surface area contributed by atoms with Crippen molar-refractivity contribution in [3.8, 4) is 0 Å². The van der Waals surface area contributed by atoms with Crippen molar-refractivity contribution >= 4 is 52.6 Å². The first kappa shape index (κ1) is 26.6. The molecule has 0 saturated carbocycles. The van der Waals surface area contributed by atoms with Gasteiger partial charge in [-0.2, -0.15) is 0 Å². The topological polar surface area (TPSA) is 157 Å². The van der Waals surface area contributed by atoms with Crippen molar-refractivity contribution in [2.24, 2.45) is 5.16 Å². The molecule has 1 aromatic heterocycles. The van der Waals surface area contributed by atoms with Gasteiger partial charge in [0.2, 0.25) is 0 Å². The summed E-state index contributed by atoms with van der Waals surface area (Å²) >= 11 is 2.44. The predicted octanol–water partition coefficient (Wildman–Crippen LogP) is 1.33. The Morgan fingerprint density at radius 1 is 1.37 bits per heavy atom. The number of β-lactam (4-membered cyclic amide) rings is 1. The quantitative estimate of drug-likeness (QED) is 0.102. The van der Waals surface area contributed by atoms with Crippen LogP contribution in [0.3, 0.4) is 0 Å². The summed E-state index contributed by atoms with van der Waals surface area (Å²) in [5, 5.41) is 17.0. The Morgan fingerprint density at radius 2 is 2.14 bits per heavy atom. The lowest BCUT2D eigenvalue weighted by Crippen LogP contribution is -2.81. The van der Waals surface area contributed by atoms with Crippen molar-refractivity contribution < 1.29 is 38.6 Å². The zero-order valence-corrected chi connectivity index (χ0v) is 21.1. The van der Waals surface area contributed by atoms with Crippen molar-refractivity contribution in [1.29, 1.82) is 0 Å². The van der Waals surface area contributed by atoms with E-state index in [4.69, 9.17) is 14.3 Å². The number of ether oxygens (including phenoxy) is 2. The van der Waals surface area contributed by atoms with Gasteiger partial charge in [-0.15, -0.1) is 23.1 Å². The van der Waals surface area contributed by atoms with E-state index in [9.17, 15) is 24.3 Å². The van der Waals surface area contributed by atoms with E-state index in [0.29, 0.717) is 6.61 Å². The lowest BCUT2D eigenvalue weighted by molar-refractivity contribution is -0.191. The minimum Gasteiger partial charge on any atom is -0.477 e. The van der Waals surface area contributed by atoms with Crippen molar-refractivity contribution in [3.63, 3.8) is 0 Å². The van der Waals surface area contributed by atoms with Crippen LogP contribution >= 0.6 is 23.1 Å². The third-order valence-corrected chi connectivity index (χ3v) is 7.23. The second-order valence-electron chi connectivity index (χ2n) is 7.62. The van der Waals surface area contributed by atoms with Gasteiger partial charge < -0.3 is 24.7 Å². The lowest BCUT2D eigenvalue weighted by atomic mass is 9.97. The molecule has 0 radical (unpaired) electrons. The second kappa shape index (κ2) is 11.6. The average molecular weight is 527 g/mol. The van der Waals surface area contributed by atoms with Crippen LogP contribution in [-0.2, 0) is 33.5 Å². The molecule has 2 amide bonds. The number of carbonyl (C=O) groups is 4. The molecule has 0 aromatic carbocycles. The first-order valence-corrected chi connectivity index (χ1v) is 12.8. The normalized spacial score (nSPS) is 21.8. The number of nitrogens with one attached hydrogen (secondary N) is 1. The van der Waals surface area contributed by atoms with E-state index in [1.165, 1.54) is 42.6 Å². The molecule has 12 nitrogen and oxygen atoms in total. The zero-order valence-electron chi connectivity index (χ0n) is 19.4. The number of methoxy groups -OCH3 is 1. The number of aliphatic carboxylic acids is 1. The molecule has 0 aliphatic carbocycles. The summed E-state index contributed by atoms with van der Waals surface area (Å²) in [5.74, 6) is -3.31. The Hall–Kier alpha value is -2.97. The van der Waals surface area contributed by atoms with E-state index in [1.807, 2.05) is 6.92 Å². The highest BCUT2D eigenvalue weighted by Gasteiger charge is 2.67. The molecule has 1 aromatic rings. The number of unbranched alkanes of at least 4 members (excludes halogenated alkanes) is 2. The Labute approximate surface area is 209 Å². The average Bonchev–Trinajstić information content (AvgIpc) is 3.36. The van der Waals surface area contributed by atoms with Crippen LogP contribution in [0.15, 0.2) is 27.3 Å². The maximum atomic E-state index is 13.2. The predicted molar refractivity (Wildman–Crippen MR) is 126 cm³/mol. The number of carboxylic acid groups (broad SMARTS) is 1. The molecule has 1 unspecified atom stereocenters. The summed E-state index contributed by atoms with van der Waals surface area (Å²) in [4.78, 5) is 60.0. The molecular formula is C21H26N4O8S2. The molecule has 190 valence electrons. The maximum Gasteiger partial charge on any atom is 0.352 e. The SMILES string of the molecule is CCCCCON=C(C(=O)NC1(OC)C(=O)N2C(C(=O)O)=C(COC(C)=O)CS[C@@H]21)c1cscn1. The fraction of sp³-hybridized carbons (Fsp3) is 0.524. The molecule has 2 atom stereocenters. The highest BCUT2D eigenvalue weighted by molar-refractivity contribution is 8.00. The number of fused-ring (bicyclic) bond motifs is 1. The number of esters is 1. The van der Waals surface area contributed by atoms with Gasteiger partial charge in [0.25, 0.3) is 17.5 Å². The number of hydrogen-bond donors (Lipinski definition) is 2. The molecule has 2 N–H and O–H groups in total. The van der Waals surface area contributed by atoms with E-state index < -0.39 is 34.9 Å². The van der Waals surface area contributed by atoms with Crippen LogP contribution in [0.2, 0.25) is 0 Å². The summed E-state index contributed by atoms with van der Waals surface area (Å²) in [6, 6.07) is 0. The number of amides is 2. The standard InChI is InChI=1S/C21H26N4O8S2/c1-4-5-6-7-33-24-15(14-10-34-11-22-14)17(27)23-21(31-3)19(30)25-16(18(28)29)13(8-32-12(2)26)9-35-20(21)25/h10-11,20H,4-9H2,1-3H3,(H,23,27)(H,28,29)/t20-,21?/m1/s1. The molecule has 0 spiro atoms. The molecule has 2 aliphatic rings. The van der Waals surface area contributed by atoms with Gasteiger partial charge in [-0.25, -0.2) is 9.78 Å². The number of oxime groups is 1. The molecule has 1 fully saturated rings. The van der Waals surface area contributed by atoms with Gasteiger partial charge >= 0.3 is 11.9 Å². The summed E-state index contributed by atoms with van der Waals surface area (Å²) in [6.07, 6.45) is 2.71. The van der Waals surface area contributed by atoms with Gasteiger partial charge in [0.15, 0.2) is 5.71 Å². The fourth-order valence-corrected chi connectivity index (χ4v) is 5.49. The smallest absolute Gasteiger partial charge is 0.352 e. The van der Waals surface area contributed by atoms with Crippen LogP contribution < -0.4 is 5.32 Å². The van der Waals surface area contributed by atoms with Crippen molar-refractivity contribution in [1.82, 2.24) is 15.2 Å². The monoisotopic (exact) mass is 526 g/mol. The Morgan fingerprint density at radius 3 is 2.74 bits per heavy atom. The number of hydrogen-bond acceptors (Lipinski definition) is 11. The first-order chi connectivity index (χ1) is 16.8. The molecule has 1 saturated heterocycles. The van der Waals surface area contributed by atoms with Crippen molar-refractivity contribution in [2.75, 3.05) is 26.1 Å². The van der Waals surface area contributed by atoms with Gasteiger partial charge in [0, 0.05) is 30.7 Å². The van der Waals surface area contributed by atoms with Crippen LogP contribution in [0.25, 0.3) is 0 Å². The van der Waals surface area contributed by atoms with Crippen LogP contribution in [-0.4, -0.2) is 81.6 Å². The van der Waals surface area contributed by atoms with Gasteiger partial charge in [-0.05, 0) is 6.42 Å². The molecule has 3 heterocycles. The van der Waals surface area contributed by atoms with Crippen molar-refractivity contribution in [2.45, 2.75) is 44.2 Å². The summed E-state index contributed by atoms with van der Waals surface area (Å²) in [5.41, 5.74) is -0.185. The lowest BCUT2D eigenvalue weighted by Gasteiger charge is -2.55. The maximum absolute atomic E-state index is 13.2. The van der Waals surface area contributed by atoms with Gasteiger partial charge in [0.1, 0.15) is 30.0 Å². The highest BCUT2D eigenvalue weighted by Crippen LogP contribution is 2.46. The Kier molecular flexibility index (Phi) is 8.86. The number of thiazole rings is 1. The minimum atomic E-state index is -1.82. The van der Waals surface area contributed by atoms with Gasteiger partial charge in [0.05, 0.1) is 5.51 Å². The number of carbonyl (C=O) groups excluding carboxylic acids is 3. The van der Waals surface area contributed by atoms with E-state index in [1.54, 1.807) is 5.38 Å². The number of thioether (sulfide) groups is 1. The van der Waals surface area contributed by atoms with E-state index in [-0.39, 0.29) is 35.0 Å². The molecular weight excluding hydrogens is 500 g/mol. The zero-order chi connectivity index (χ0) is 25.6. The number of aromatic nitrogens is 1. The van der Waals surface area contributed by atoms with Crippen LogP contribution in [0.1, 0.15) is 38.8 Å². The second-order valence-corrected chi connectivity index (χ2v) is 9.41. The minimum absolute atomic E-state index is 0.129. The summed E-state index contributed by atoms with van der Waals surface area (Å²) in [7, 11) is 1.25. The third-order valence-electron chi connectivity index (χ3n) is 5.27. The molecule has 3 rings (SSSR count). The van der Waals surface area contributed by atoms with Crippen molar-refractivity contribution in [3.05, 3.63) is 27.9 Å². The van der Waals surface area contributed by atoms with Crippen LogP contribution in [0, 0.1) is 0 Å². The molecule has 2 aliphatic heterocycles. The number of carboxylic acids is 1. The Bertz CT molecular complexity index is 1040. The van der Waals surface area contributed by atoms with Gasteiger partial charge in [-0.1, -0.05) is 24.9 Å². The fourth-order valence-electron chi connectivity index (χ4n) is 3.53. The highest BCUT2D eigenvalue weighted by atomic mass is 32.2.